The molecule has 0 unspecified atom stereocenters. The number of nitrogens with zero attached hydrogens (tertiary/aromatic N) is 1. The number of fused-ring (bicyclic) bond motifs is 3. The third-order valence-electron chi connectivity index (χ3n) is 4.24. The van der Waals surface area contributed by atoms with Gasteiger partial charge in [-0.2, -0.15) is 0 Å². The van der Waals surface area contributed by atoms with E-state index in [1.165, 1.54) is 0 Å². The van der Waals surface area contributed by atoms with Crippen molar-refractivity contribution in [2.75, 3.05) is 7.11 Å². The van der Waals surface area contributed by atoms with Gasteiger partial charge >= 0.3 is 0 Å². The lowest BCUT2D eigenvalue weighted by atomic mass is 10.1. The van der Waals surface area contributed by atoms with E-state index < -0.39 is 0 Å². The van der Waals surface area contributed by atoms with Crippen LogP contribution in [-0.4, -0.2) is 22.9 Å². The van der Waals surface area contributed by atoms with E-state index in [1.54, 1.807) is 25.5 Å². The molecule has 2 aromatic heterocycles. The molecule has 0 aliphatic carbocycles. The van der Waals surface area contributed by atoms with Gasteiger partial charge in [-0.05, 0) is 48.0 Å². The van der Waals surface area contributed by atoms with Crippen LogP contribution in [0, 0.1) is 0 Å². The summed E-state index contributed by atoms with van der Waals surface area (Å²) in [4.78, 5) is 20.3. The Bertz CT molecular complexity index is 1160. The van der Waals surface area contributed by atoms with Gasteiger partial charge in [0.15, 0.2) is 0 Å². The summed E-state index contributed by atoms with van der Waals surface area (Å²) in [6, 6.07) is 15.5. The predicted molar refractivity (Wildman–Crippen MR) is 108 cm³/mol. The Morgan fingerprint density at radius 2 is 2.04 bits per heavy atom. The molecule has 0 atom stereocenters. The molecular formula is C21H15BrN2O2. The number of pyridine rings is 1. The highest BCUT2D eigenvalue weighted by molar-refractivity contribution is 9.10. The number of nitrogens with one attached hydrogen (secondary N) is 1. The van der Waals surface area contributed by atoms with Gasteiger partial charge < -0.3 is 9.72 Å². The molecule has 4 nitrogen and oxygen atoms in total. The highest BCUT2D eigenvalue weighted by Gasteiger charge is 2.14. The van der Waals surface area contributed by atoms with Crippen LogP contribution in [0.1, 0.15) is 16.1 Å². The summed E-state index contributed by atoms with van der Waals surface area (Å²) in [5, 5.41) is 1.96. The number of aromatic amines is 1. The monoisotopic (exact) mass is 406 g/mol. The second-order valence-corrected chi connectivity index (χ2v) is 6.79. The summed E-state index contributed by atoms with van der Waals surface area (Å²) in [7, 11) is 1.64. The molecule has 26 heavy (non-hydrogen) atoms. The summed E-state index contributed by atoms with van der Waals surface area (Å²) in [6.45, 7) is 0. The van der Waals surface area contributed by atoms with Crippen LogP contribution in [0.15, 0.2) is 65.3 Å². The van der Waals surface area contributed by atoms with Crippen LogP contribution in [0.4, 0.5) is 0 Å². The van der Waals surface area contributed by atoms with E-state index in [2.05, 4.69) is 25.9 Å². The molecular weight excluding hydrogens is 392 g/mol. The summed E-state index contributed by atoms with van der Waals surface area (Å²) in [5.41, 5.74) is 3.03. The average molecular weight is 407 g/mol. The zero-order chi connectivity index (χ0) is 18.1. The number of halogens is 1. The molecule has 0 saturated heterocycles. The van der Waals surface area contributed by atoms with Crippen molar-refractivity contribution in [2.45, 2.75) is 0 Å². The molecule has 4 rings (SSSR count). The molecule has 0 spiro atoms. The van der Waals surface area contributed by atoms with Crippen LogP contribution < -0.4 is 4.74 Å². The Kier molecular flexibility index (Phi) is 4.31. The van der Waals surface area contributed by atoms with Gasteiger partial charge in [-0.1, -0.05) is 34.1 Å². The Morgan fingerprint density at radius 3 is 2.85 bits per heavy atom. The Morgan fingerprint density at radius 1 is 1.15 bits per heavy atom. The maximum Gasteiger partial charge on any atom is 0.206 e. The molecule has 0 radical (unpaired) electrons. The van der Waals surface area contributed by atoms with E-state index in [9.17, 15) is 4.79 Å². The van der Waals surface area contributed by atoms with Crippen molar-refractivity contribution in [1.82, 2.24) is 9.97 Å². The standard InChI is InChI=1S/C21H15BrN2O2/c1-26-15-6-7-18-17(12-15)16-9-10-23-21(20(16)24-18)19(25)8-5-13-3-2-4-14(22)11-13/h2-12,24H,1H3/b8-5+. The van der Waals surface area contributed by atoms with Gasteiger partial charge in [-0.3, -0.25) is 9.78 Å². The topological polar surface area (TPSA) is 55.0 Å². The van der Waals surface area contributed by atoms with Gasteiger partial charge in [0.1, 0.15) is 11.4 Å². The third kappa shape index (κ3) is 3.02. The van der Waals surface area contributed by atoms with Crippen LogP contribution in [0.3, 0.4) is 0 Å². The van der Waals surface area contributed by atoms with E-state index in [1.807, 2.05) is 48.5 Å². The Balaban J connectivity index is 1.77. The van der Waals surface area contributed by atoms with Crippen molar-refractivity contribution in [3.05, 3.63) is 76.5 Å². The first-order valence-corrected chi connectivity index (χ1v) is 8.87. The van der Waals surface area contributed by atoms with Crippen LogP contribution in [-0.2, 0) is 0 Å². The predicted octanol–water partition coefficient (Wildman–Crippen LogP) is 5.38. The van der Waals surface area contributed by atoms with Crippen molar-refractivity contribution >= 4 is 49.6 Å². The molecule has 1 N–H and O–H groups in total. The zero-order valence-electron chi connectivity index (χ0n) is 14.0. The maximum atomic E-state index is 12.7. The minimum Gasteiger partial charge on any atom is -0.497 e. The fraction of sp³-hybridized carbons (Fsp3) is 0.0476. The minimum absolute atomic E-state index is 0.144. The SMILES string of the molecule is COc1ccc2[nH]c3c(C(=O)/C=C/c4cccc(Br)c4)nccc3c2c1. The molecule has 0 saturated carbocycles. The minimum atomic E-state index is -0.144. The number of ketones is 1. The first-order chi connectivity index (χ1) is 12.7. The number of carbonyl (C=O) groups is 1. The molecule has 0 fully saturated rings. The number of H-pyrrole nitrogens is 1. The third-order valence-corrected chi connectivity index (χ3v) is 4.73. The van der Waals surface area contributed by atoms with Crippen LogP contribution in [0.5, 0.6) is 5.75 Å². The molecule has 0 amide bonds. The number of aromatic nitrogens is 2. The molecule has 4 aromatic rings. The molecule has 0 bridgehead atoms. The summed E-state index contributed by atoms with van der Waals surface area (Å²) in [5.74, 6) is 0.631. The second kappa shape index (κ2) is 6.77. The smallest absolute Gasteiger partial charge is 0.206 e. The number of methoxy groups -OCH3 is 1. The van der Waals surface area contributed by atoms with Gasteiger partial charge in [0.2, 0.25) is 5.78 Å². The summed E-state index contributed by atoms with van der Waals surface area (Å²) < 4.78 is 6.27. The van der Waals surface area contributed by atoms with Crippen LogP contribution >= 0.6 is 15.9 Å². The number of hydrogen-bond donors (Lipinski definition) is 1. The van der Waals surface area contributed by atoms with Crippen LogP contribution in [0.2, 0.25) is 0 Å². The number of rotatable bonds is 4. The van der Waals surface area contributed by atoms with Crippen molar-refractivity contribution in [2.24, 2.45) is 0 Å². The van der Waals surface area contributed by atoms with E-state index in [4.69, 9.17) is 4.74 Å². The van der Waals surface area contributed by atoms with Gasteiger partial charge in [-0.25, -0.2) is 0 Å². The van der Waals surface area contributed by atoms with Crippen molar-refractivity contribution in [1.29, 1.82) is 0 Å². The maximum absolute atomic E-state index is 12.7. The van der Waals surface area contributed by atoms with Gasteiger partial charge in [0, 0.05) is 27.0 Å². The fourth-order valence-corrected chi connectivity index (χ4v) is 3.39. The van der Waals surface area contributed by atoms with Gasteiger partial charge in [0.05, 0.1) is 12.6 Å². The Labute approximate surface area is 158 Å². The van der Waals surface area contributed by atoms with Gasteiger partial charge in [0.25, 0.3) is 0 Å². The van der Waals surface area contributed by atoms with E-state index in [-0.39, 0.29) is 5.78 Å². The highest BCUT2D eigenvalue weighted by Crippen LogP contribution is 2.30. The zero-order valence-corrected chi connectivity index (χ0v) is 15.6. The second-order valence-electron chi connectivity index (χ2n) is 5.87. The number of allylic oxidation sites excluding steroid dienone is 1. The van der Waals surface area contributed by atoms with Crippen molar-refractivity contribution in [3.63, 3.8) is 0 Å². The van der Waals surface area contributed by atoms with Crippen LogP contribution in [0.25, 0.3) is 27.9 Å². The van der Waals surface area contributed by atoms with E-state index in [0.717, 1.165) is 37.6 Å². The van der Waals surface area contributed by atoms with E-state index >= 15 is 0 Å². The molecule has 0 aliphatic heterocycles. The lowest BCUT2D eigenvalue weighted by Crippen LogP contribution is -1.99. The lowest BCUT2D eigenvalue weighted by Gasteiger charge is -1.99. The number of hydrogen-bond acceptors (Lipinski definition) is 3. The molecule has 0 aliphatic rings. The number of ether oxygens (including phenoxy) is 1. The fourth-order valence-electron chi connectivity index (χ4n) is 2.98. The normalized spacial score (nSPS) is 11.5. The number of benzene rings is 2. The number of carbonyl (C=O) groups excluding carboxylic acids is 1. The van der Waals surface area contributed by atoms with Crippen molar-refractivity contribution in [3.8, 4) is 5.75 Å². The molecule has 2 heterocycles. The summed E-state index contributed by atoms with van der Waals surface area (Å²) in [6.07, 6.45) is 5.00. The largest absolute Gasteiger partial charge is 0.497 e. The van der Waals surface area contributed by atoms with Gasteiger partial charge in [-0.15, -0.1) is 0 Å². The Hall–Kier alpha value is -2.92. The highest BCUT2D eigenvalue weighted by atomic mass is 79.9. The average Bonchev–Trinajstić information content (AvgIpc) is 3.04. The first-order valence-electron chi connectivity index (χ1n) is 8.08. The summed E-state index contributed by atoms with van der Waals surface area (Å²) >= 11 is 3.43. The molecule has 5 heteroatoms. The lowest BCUT2D eigenvalue weighted by molar-refractivity contribution is 0.104. The quantitative estimate of drug-likeness (QED) is 0.365. The van der Waals surface area contributed by atoms with E-state index in [0.29, 0.717) is 5.69 Å². The first kappa shape index (κ1) is 16.5. The molecule has 128 valence electrons. The molecule has 2 aromatic carbocycles. The van der Waals surface area contributed by atoms with Crippen molar-refractivity contribution < 1.29 is 9.53 Å².